The number of nitrogens with zero attached hydrogens (tertiary/aromatic N) is 5. The maximum absolute atomic E-state index is 11.8. The van der Waals surface area contributed by atoms with Crippen molar-refractivity contribution in [3.05, 3.63) is 12.3 Å². The van der Waals surface area contributed by atoms with E-state index in [-0.39, 0.29) is 0 Å². The lowest BCUT2D eigenvalue weighted by atomic mass is 9.99. The second-order valence-electron chi connectivity index (χ2n) is 9.01. The molecule has 0 unspecified atom stereocenters. The standard InChI is InChI=1S/C21H36N6O2S/c1-30(28,29)27-15-9-19(10-16-27)26-14-6-7-18(17-26)23-21-22-11-8-20(24-21)25-12-4-2-3-5-13-25/h8,11,18-19H,2-7,9-10,12-17H2,1H3,(H,22,23,24)/t18-/m0/s1. The lowest BCUT2D eigenvalue weighted by molar-refractivity contribution is 0.112. The molecule has 0 aromatic carbocycles. The minimum Gasteiger partial charge on any atom is -0.356 e. The molecule has 3 aliphatic rings. The van der Waals surface area contributed by atoms with Crippen LogP contribution in [0.15, 0.2) is 12.3 Å². The topological polar surface area (TPSA) is 81.7 Å². The summed E-state index contributed by atoms with van der Waals surface area (Å²) in [4.78, 5) is 14.2. The molecular weight excluding hydrogens is 400 g/mol. The molecule has 168 valence electrons. The van der Waals surface area contributed by atoms with Crippen molar-refractivity contribution in [1.82, 2.24) is 19.2 Å². The van der Waals surface area contributed by atoms with E-state index in [0.717, 1.165) is 63.6 Å². The van der Waals surface area contributed by atoms with Crippen molar-refractivity contribution < 1.29 is 8.42 Å². The number of hydrogen-bond acceptors (Lipinski definition) is 7. The molecular formula is C21H36N6O2S. The molecule has 4 heterocycles. The van der Waals surface area contributed by atoms with Gasteiger partial charge in [-0.15, -0.1) is 0 Å². The highest BCUT2D eigenvalue weighted by Crippen LogP contribution is 2.24. The van der Waals surface area contributed by atoms with Crippen LogP contribution in [0.4, 0.5) is 11.8 Å². The van der Waals surface area contributed by atoms with Crippen molar-refractivity contribution >= 4 is 21.8 Å². The molecule has 1 N–H and O–H groups in total. The Morgan fingerprint density at radius 1 is 0.967 bits per heavy atom. The highest BCUT2D eigenvalue weighted by molar-refractivity contribution is 7.88. The Hall–Kier alpha value is -1.45. The molecule has 0 aliphatic carbocycles. The summed E-state index contributed by atoms with van der Waals surface area (Å²) < 4.78 is 25.2. The van der Waals surface area contributed by atoms with Crippen LogP contribution in [0.1, 0.15) is 51.4 Å². The van der Waals surface area contributed by atoms with Gasteiger partial charge in [0, 0.05) is 51.0 Å². The molecule has 4 rings (SSSR count). The van der Waals surface area contributed by atoms with Crippen molar-refractivity contribution in [2.24, 2.45) is 0 Å². The zero-order valence-corrected chi connectivity index (χ0v) is 19.0. The van der Waals surface area contributed by atoms with Gasteiger partial charge in [-0.3, -0.25) is 4.90 Å². The van der Waals surface area contributed by atoms with Crippen LogP contribution in [0.25, 0.3) is 0 Å². The number of hydrogen-bond donors (Lipinski definition) is 1. The first-order valence-corrected chi connectivity index (χ1v) is 13.4. The fourth-order valence-corrected chi connectivity index (χ4v) is 5.95. The van der Waals surface area contributed by atoms with E-state index in [1.807, 2.05) is 12.3 Å². The normalized spacial score (nSPS) is 25.8. The fourth-order valence-electron chi connectivity index (χ4n) is 5.07. The second-order valence-corrected chi connectivity index (χ2v) is 11.0. The third-order valence-corrected chi connectivity index (χ3v) is 8.07. The average molecular weight is 437 g/mol. The van der Waals surface area contributed by atoms with Crippen LogP contribution < -0.4 is 10.2 Å². The molecule has 3 fully saturated rings. The largest absolute Gasteiger partial charge is 0.356 e. The SMILES string of the molecule is CS(=O)(=O)N1CCC(N2CCC[C@H](Nc3nccc(N4CCCCCC4)n3)C2)CC1. The average Bonchev–Trinajstić information content (AvgIpc) is 3.03. The number of likely N-dealkylation sites (tertiary alicyclic amines) is 1. The van der Waals surface area contributed by atoms with Crippen molar-refractivity contribution in [1.29, 1.82) is 0 Å². The highest BCUT2D eigenvalue weighted by atomic mass is 32.2. The van der Waals surface area contributed by atoms with E-state index in [1.54, 1.807) is 4.31 Å². The number of nitrogens with one attached hydrogen (secondary N) is 1. The van der Waals surface area contributed by atoms with E-state index >= 15 is 0 Å². The molecule has 30 heavy (non-hydrogen) atoms. The fraction of sp³-hybridized carbons (Fsp3) is 0.810. The summed E-state index contributed by atoms with van der Waals surface area (Å²) in [5.74, 6) is 1.77. The predicted molar refractivity (Wildman–Crippen MR) is 120 cm³/mol. The molecule has 1 aromatic rings. The molecule has 8 nitrogen and oxygen atoms in total. The second kappa shape index (κ2) is 9.78. The van der Waals surface area contributed by atoms with E-state index in [0.29, 0.717) is 25.2 Å². The van der Waals surface area contributed by atoms with E-state index in [9.17, 15) is 8.42 Å². The monoisotopic (exact) mass is 436 g/mol. The molecule has 0 radical (unpaired) electrons. The molecule has 1 atom stereocenters. The molecule has 0 saturated carbocycles. The number of aromatic nitrogens is 2. The van der Waals surface area contributed by atoms with Crippen LogP contribution in [0.3, 0.4) is 0 Å². The van der Waals surface area contributed by atoms with Crippen LogP contribution in [0.5, 0.6) is 0 Å². The maximum atomic E-state index is 11.8. The third-order valence-electron chi connectivity index (χ3n) is 6.77. The molecule has 1 aromatic heterocycles. The first-order valence-electron chi connectivity index (χ1n) is 11.5. The number of anilines is 2. The van der Waals surface area contributed by atoms with Gasteiger partial charge in [-0.25, -0.2) is 17.7 Å². The number of rotatable bonds is 5. The maximum Gasteiger partial charge on any atom is 0.224 e. The van der Waals surface area contributed by atoms with Crippen LogP contribution >= 0.6 is 0 Å². The first-order chi connectivity index (χ1) is 14.5. The van der Waals surface area contributed by atoms with E-state index < -0.39 is 10.0 Å². The number of sulfonamides is 1. The Morgan fingerprint density at radius 3 is 2.40 bits per heavy atom. The zero-order valence-electron chi connectivity index (χ0n) is 18.2. The first kappa shape index (κ1) is 21.8. The van der Waals surface area contributed by atoms with Gasteiger partial charge in [0.25, 0.3) is 0 Å². The van der Waals surface area contributed by atoms with Crippen LogP contribution in [0, 0.1) is 0 Å². The summed E-state index contributed by atoms with van der Waals surface area (Å²) in [6.45, 7) is 5.51. The Balaban J connectivity index is 1.33. The Labute approximate surface area is 181 Å². The van der Waals surface area contributed by atoms with Gasteiger partial charge < -0.3 is 10.2 Å². The smallest absolute Gasteiger partial charge is 0.224 e. The van der Waals surface area contributed by atoms with E-state index in [1.165, 1.54) is 31.9 Å². The lowest BCUT2D eigenvalue weighted by Gasteiger charge is -2.42. The minimum atomic E-state index is -3.07. The predicted octanol–water partition coefficient (Wildman–Crippen LogP) is 2.16. The summed E-state index contributed by atoms with van der Waals surface area (Å²) in [5.41, 5.74) is 0. The van der Waals surface area contributed by atoms with Gasteiger partial charge in [-0.2, -0.15) is 4.98 Å². The molecule has 0 spiro atoms. The molecule has 0 bridgehead atoms. The Kier molecular flexibility index (Phi) is 7.10. The number of piperidine rings is 2. The summed E-state index contributed by atoms with van der Waals surface area (Å²) in [5, 5.41) is 3.58. The molecule has 0 amide bonds. The Bertz CT molecular complexity index is 788. The van der Waals surface area contributed by atoms with Gasteiger partial charge in [-0.1, -0.05) is 12.8 Å². The Morgan fingerprint density at radius 2 is 1.70 bits per heavy atom. The summed E-state index contributed by atoms with van der Waals surface area (Å²) in [7, 11) is -3.07. The summed E-state index contributed by atoms with van der Waals surface area (Å²) >= 11 is 0. The third kappa shape index (κ3) is 5.62. The van der Waals surface area contributed by atoms with Gasteiger partial charge in [0.1, 0.15) is 5.82 Å². The summed E-state index contributed by atoms with van der Waals surface area (Å²) in [6.07, 6.45) is 12.4. The van der Waals surface area contributed by atoms with E-state index in [4.69, 9.17) is 4.98 Å². The van der Waals surface area contributed by atoms with Crippen LogP contribution in [-0.2, 0) is 10.0 Å². The lowest BCUT2D eigenvalue weighted by Crippen LogP contribution is -2.51. The van der Waals surface area contributed by atoms with Gasteiger partial charge in [-0.05, 0) is 51.1 Å². The van der Waals surface area contributed by atoms with Crippen LogP contribution in [0.2, 0.25) is 0 Å². The van der Waals surface area contributed by atoms with Gasteiger partial charge in [0.15, 0.2) is 0 Å². The molecule has 3 aliphatic heterocycles. The molecule has 3 saturated heterocycles. The van der Waals surface area contributed by atoms with Gasteiger partial charge in [0.2, 0.25) is 16.0 Å². The summed E-state index contributed by atoms with van der Waals surface area (Å²) in [6, 6.07) is 2.84. The van der Waals surface area contributed by atoms with Crippen molar-refractivity contribution in [3.63, 3.8) is 0 Å². The van der Waals surface area contributed by atoms with Gasteiger partial charge in [0.05, 0.1) is 6.26 Å². The zero-order chi connectivity index (χ0) is 21.0. The van der Waals surface area contributed by atoms with E-state index in [2.05, 4.69) is 20.1 Å². The molecule has 9 heteroatoms. The quantitative estimate of drug-likeness (QED) is 0.757. The van der Waals surface area contributed by atoms with Crippen LogP contribution in [-0.4, -0.2) is 85.2 Å². The highest BCUT2D eigenvalue weighted by Gasteiger charge is 2.31. The van der Waals surface area contributed by atoms with Crippen molar-refractivity contribution in [2.45, 2.75) is 63.5 Å². The van der Waals surface area contributed by atoms with Gasteiger partial charge >= 0.3 is 0 Å². The van der Waals surface area contributed by atoms with Crippen molar-refractivity contribution in [2.75, 3.05) is 55.7 Å². The minimum absolute atomic E-state index is 0.339. The van der Waals surface area contributed by atoms with Crippen molar-refractivity contribution in [3.8, 4) is 0 Å².